The largest absolute Gasteiger partial charge is 0.354 e. The molecule has 20 heavy (non-hydrogen) atoms. The average Bonchev–Trinajstić information content (AvgIpc) is 2.88. The number of carbonyl (C=O) groups is 1. The summed E-state index contributed by atoms with van der Waals surface area (Å²) >= 11 is 0. The van der Waals surface area contributed by atoms with Crippen LogP contribution in [0.25, 0.3) is 0 Å². The first-order chi connectivity index (χ1) is 9.56. The molecule has 1 atom stereocenters. The van der Waals surface area contributed by atoms with E-state index < -0.39 is 0 Å². The lowest BCUT2D eigenvalue weighted by Crippen LogP contribution is -2.40. The Labute approximate surface area is 121 Å². The molecule has 2 heterocycles. The van der Waals surface area contributed by atoms with Gasteiger partial charge in [0.1, 0.15) is 11.6 Å². The van der Waals surface area contributed by atoms with Crippen molar-refractivity contribution >= 4 is 11.7 Å². The van der Waals surface area contributed by atoms with Crippen LogP contribution in [0.1, 0.15) is 38.6 Å². The molecule has 1 fully saturated rings. The molecule has 5 nitrogen and oxygen atoms in total. The quantitative estimate of drug-likeness (QED) is 0.841. The smallest absolute Gasteiger partial charge is 0.219 e. The molecule has 0 aromatic carbocycles. The van der Waals surface area contributed by atoms with Crippen molar-refractivity contribution in [1.29, 1.82) is 0 Å². The van der Waals surface area contributed by atoms with Gasteiger partial charge in [0.15, 0.2) is 0 Å². The maximum Gasteiger partial charge on any atom is 0.219 e. The molecule has 0 unspecified atom stereocenters. The van der Waals surface area contributed by atoms with Crippen LogP contribution in [0.2, 0.25) is 0 Å². The van der Waals surface area contributed by atoms with E-state index in [1.165, 1.54) is 5.56 Å². The Morgan fingerprint density at radius 2 is 2.25 bits per heavy atom. The summed E-state index contributed by atoms with van der Waals surface area (Å²) in [5.41, 5.74) is 1.18. The molecule has 1 aliphatic rings. The van der Waals surface area contributed by atoms with E-state index in [0.717, 1.165) is 44.1 Å². The highest BCUT2D eigenvalue weighted by molar-refractivity contribution is 5.73. The van der Waals surface area contributed by atoms with Gasteiger partial charge in [-0.3, -0.25) is 4.79 Å². The average molecular weight is 276 g/mol. The third-order valence-electron chi connectivity index (χ3n) is 3.99. The zero-order chi connectivity index (χ0) is 14.7. The van der Waals surface area contributed by atoms with Gasteiger partial charge in [-0.2, -0.15) is 0 Å². The summed E-state index contributed by atoms with van der Waals surface area (Å²) in [6, 6.07) is 0.303. The molecule has 0 saturated carbocycles. The SMILES string of the molecule is CCc1cnc(C)nc1N1CC[C@H](N(CC)C(C)=O)C1. The zero-order valence-corrected chi connectivity index (χ0v) is 12.9. The third kappa shape index (κ3) is 2.92. The number of carbonyl (C=O) groups excluding carboxylic acids is 1. The van der Waals surface area contributed by atoms with Crippen molar-refractivity contribution in [3.63, 3.8) is 0 Å². The fraction of sp³-hybridized carbons (Fsp3) is 0.667. The molecular formula is C15H24N4O. The minimum atomic E-state index is 0.161. The normalized spacial score (nSPS) is 18.4. The van der Waals surface area contributed by atoms with Crippen LogP contribution in [-0.4, -0.2) is 46.5 Å². The van der Waals surface area contributed by atoms with Crippen LogP contribution in [0.5, 0.6) is 0 Å². The number of aryl methyl sites for hydroxylation is 2. The number of hydrogen-bond donors (Lipinski definition) is 0. The van der Waals surface area contributed by atoms with Gasteiger partial charge in [0.25, 0.3) is 0 Å². The molecular weight excluding hydrogens is 252 g/mol. The van der Waals surface area contributed by atoms with Gasteiger partial charge in [-0.1, -0.05) is 6.92 Å². The topological polar surface area (TPSA) is 49.3 Å². The van der Waals surface area contributed by atoms with Crippen molar-refractivity contribution in [1.82, 2.24) is 14.9 Å². The minimum Gasteiger partial charge on any atom is -0.354 e. The van der Waals surface area contributed by atoms with E-state index >= 15 is 0 Å². The second-order valence-electron chi connectivity index (χ2n) is 5.31. The molecule has 1 aromatic heterocycles. The lowest BCUT2D eigenvalue weighted by molar-refractivity contribution is -0.130. The number of rotatable bonds is 4. The first-order valence-electron chi connectivity index (χ1n) is 7.41. The van der Waals surface area contributed by atoms with Gasteiger partial charge < -0.3 is 9.80 Å². The molecule has 0 spiro atoms. The van der Waals surface area contributed by atoms with Crippen LogP contribution in [0.15, 0.2) is 6.20 Å². The Balaban J connectivity index is 2.17. The van der Waals surface area contributed by atoms with Gasteiger partial charge in [0.2, 0.25) is 5.91 Å². The van der Waals surface area contributed by atoms with Crippen LogP contribution >= 0.6 is 0 Å². The van der Waals surface area contributed by atoms with Crippen molar-refractivity contribution in [3.8, 4) is 0 Å². The summed E-state index contributed by atoms with van der Waals surface area (Å²) in [4.78, 5) is 24.8. The van der Waals surface area contributed by atoms with Crippen molar-refractivity contribution in [2.45, 2.75) is 46.6 Å². The molecule has 1 aliphatic heterocycles. The predicted molar refractivity (Wildman–Crippen MR) is 79.8 cm³/mol. The van der Waals surface area contributed by atoms with Crippen LogP contribution in [0, 0.1) is 6.92 Å². The molecule has 0 radical (unpaired) electrons. The monoisotopic (exact) mass is 276 g/mol. The third-order valence-corrected chi connectivity index (χ3v) is 3.99. The van der Waals surface area contributed by atoms with Gasteiger partial charge in [-0.15, -0.1) is 0 Å². The molecule has 0 bridgehead atoms. The van der Waals surface area contributed by atoms with E-state index in [1.807, 2.05) is 24.9 Å². The lowest BCUT2D eigenvalue weighted by Gasteiger charge is -2.27. The summed E-state index contributed by atoms with van der Waals surface area (Å²) in [6.07, 6.45) is 3.87. The summed E-state index contributed by atoms with van der Waals surface area (Å²) in [5, 5.41) is 0. The van der Waals surface area contributed by atoms with Crippen LogP contribution < -0.4 is 4.90 Å². The van der Waals surface area contributed by atoms with E-state index in [-0.39, 0.29) is 5.91 Å². The highest BCUT2D eigenvalue weighted by Gasteiger charge is 2.30. The lowest BCUT2D eigenvalue weighted by atomic mass is 10.2. The van der Waals surface area contributed by atoms with E-state index in [2.05, 4.69) is 21.8 Å². The van der Waals surface area contributed by atoms with Crippen LogP contribution in [0.4, 0.5) is 5.82 Å². The fourth-order valence-electron chi connectivity index (χ4n) is 2.93. The highest BCUT2D eigenvalue weighted by atomic mass is 16.2. The maximum atomic E-state index is 11.7. The van der Waals surface area contributed by atoms with Crippen molar-refractivity contribution in [3.05, 3.63) is 17.6 Å². The second-order valence-corrected chi connectivity index (χ2v) is 5.31. The summed E-state index contributed by atoms with van der Waals surface area (Å²) in [7, 11) is 0. The molecule has 2 rings (SSSR count). The van der Waals surface area contributed by atoms with Crippen molar-refractivity contribution in [2.75, 3.05) is 24.5 Å². The number of hydrogen-bond acceptors (Lipinski definition) is 4. The summed E-state index contributed by atoms with van der Waals surface area (Å²) in [6.45, 7) is 10.3. The van der Waals surface area contributed by atoms with Gasteiger partial charge >= 0.3 is 0 Å². The molecule has 1 aromatic rings. The van der Waals surface area contributed by atoms with Crippen LogP contribution in [-0.2, 0) is 11.2 Å². The predicted octanol–water partition coefficient (Wildman–Crippen LogP) is 1.79. The molecule has 0 aliphatic carbocycles. The highest BCUT2D eigenvalue weighted by Crippen LogP contribution is 2.25. The molecule has 1 saturated heterocycles. The Morgan fingerprint density at radius 3 is 2.85 bits per heavy atom. The van der Waals surface area contributed by atoms with Crippen molar-refractivity contribution in [2.24, 2.45) is 0 Å². The van der Waals surface area contributed by atoms with Gasteiger partial charge in [-0.25, -0.2) is 9.97 Å². The zero-order valence-electron chi connectivity index (χ0n) is 12.9. The Morgan fingerprint density at radius 1 is 1.50 bits per heavy atom. The number of amides is 1. The second kappa shape index (κ2) is 6.20. The number of anilines is 1. The number of aromatic nitrogens is 2. The van der Waals surface area contributed by atoms with Crippen molar-refractivity contribution < 1.29 is 4.79 Å². The van der Waals surface area contributed by atoms with E-state index in [4.69, 9.17) is 0 Å². The van der Waals surface area contributed by atoms with E-state index in [9.17, 15) is 4.79 Å². The van der Waals surface area contributed by atoms with Gasteiger partial charge in [0.05, 0.1) is 6.04 Å². The number of nitrogens with zero attached hydrogens (tertiary/aromatic N) is 4. The first kappa shape index (κ1) is 14.8. The molecule has 110 valence electrons. The first-order valence-corrected chi connectivity index (χ1v) is 7.41. The Hall–Kier alpha value is -1.65. The maximum absolute atomic E-state index is 11.7. The van der Waals surface area contributed by atoms with E-state index in [0.29, 0.717) is 6.04 Å². The standard InChI is InChI=1S/C15H24N4O/c1-5-13-9-16-11(3)17-15(13)18-8-7-14(10-18)19(6-2)12(4)20/h9,14H,5-8,10H2,1-4H3/t14-/m0/s1. The Kier molecular flexibility index (Phi) is 4.57. The number of likely N-dealkylation sites (N-methyl/N-ethyl adjacent to an activating group) is 1. The van der Waals surface area contributed by atoms with Gasteiger partial charge in [-0.05, 0) is 26.7 Å². The fourth-order valence-corrected chi connectivity index (χ4v) is 2.93. The summed E-state index contributed by atoms with van der Waals surface area (Å²) < 4.78 is 0. The minimum absolute atomic E-state index is 0.161. The molecule has 1 amide bonds. The van der Waals surface area contributed by atoms with Crippen LogP contribution in [0.3, 0.4) is 0 Å². The summed E-state index contributed by atoms with van der Waals surface area (Å²) in [5.74, 6) is 2.01. The van der Waals surface area contributed by atoms with Gasteiger partial charge in [0, 0.05) is 38.3 Å². The Bertz CT molecular complexity index is 489. The van der Waals surface area contributed by atoms with E-state index in [1.54, 1.807) is 6.92 Å². The molecule has 5 heteroatoms. The molecule has 0 N–H and O–H groups in total.